The van der Waals surface area contributed by atoms with E-state index in [1.165, 1.54) is 13.2 Å². The Bertz CT molecular complexity index is 1730. The van der Waals surface area contributed by atoms with Gasteiger partial charge in [-0.1, -0.05) is 36.4 Å². The molecule has 0 aliphatic carbocycles. The number of hydrogen-bond acceptors (Lipinski definition) is 9. The summed E-state index contributed by atoms with van der Waals surface area (Å²) in [5.74, 6) is -0.568. The van der Waals surface area contributed by atoms with Crippen molar-refractivity contribution in [1.82, 2.24) is 15.0 Å². The number of nitrogens with zero attached hydrogens (tertiary/aromatic N) is 4. The molecule has 43 heavy (non-hydrogen) atoms. The van der Waals surface area contributed by atoms with Crippen LogP contribution in [0.15, 0.2) is 79.1 Å². The molecule has 4 aromatic rings. The molecule has 2 N–H and O–H groups in total. The molecule has 0 radical (unpaired) electrons. The van der Waals surface area contributed by atoms with Gasteiger partial charge in [0.1, 0.15) is 17.2 Å². The van der Waals surface area contributed by atoms with E-state index in [0.717, 1.165) is 10.6 Å². The lowest BCUT2D eigenvalue weighted by molar-refractivity contribution is -0.137. The van der Waals surface area contributed by atoms with Crippen LogP contribution in [0.5, 0.6) is 0 Å². The lowest BCUT2D eigenvalue weighted by atomic mass is 10.2. The van der Waals surface area contributed by atoms with E-state index in [-0.39, 0.29) is 31.1 Å². The lowest BCUT2D eigenvalue weighted by Gasteiger charge is -2.20. The minimum absolute atomic E-state index is 0.0649. The fourth-order valence-corrected chi connectivity index (χ4v) is 6.79. The third-order valence-electron chi connectivity index (χ3n) is 6.26. The van der Waals surface area contributed by atoms with Crippen LogP contribution in [0.25, 0.3) is 0 Å². The summed E-state index contributed by atoms with van der Waals surface area (Å²) in [6, 6.07) is 18.8. The Morgan fingerprint density at radius 3 is 2.44 bits per heavy atom. The second-order valence-electron chi connectivity index (χ2n) is 9.43. The number of hydrogen-bond donors (Lipinski definition) is 2. The van der Waals surface area contributed by atoms with Crippen molar-refractivity contribution in [3.05, 3.63) is 95.8 Å². The number of anilines is 4. The topological polar surface area (TPSA) is 126 Å². The fourth-order valence-electron chi connectivity index (χ4n) is 4.16. The fraction of sp³-hybridized carbons (Fsp3) is 0.250. The number of aromatic nitrogens is 3. The zero-order chi connectivity index (χ0) is 31.3. The summed E-state index contributed by atoms with van der Waals surface area (Å²) >= 11 is 0. The summed E-state index contributed by atoms with van der Waals surface area (Å²) in [4.78, 5) is 12.0. The van der Waals surface area contributed by atoms with Gasteiger partial charge in [0.2, 0.25) is 23.3 Å². The molecule has 2 aromatic carbocycles. The molecule has 0 aliphatic rings. The van der Waals surface area contributed by atoms with E-state index in [0.29, 0.717) is 28.3 Å². The van der Waals surface area contributed by atoms with E-state index >= 15 is 0 Å². The average Bonchev–Trinajstić information content (AvgIpc) is 2.95. The average molecular weight is 635 g/mol. The minimum Gasteiger partial charge on any atom is -0.365 e. The summed E-state index contributed by atoms with van der Waals surface area (Å²) in [5, 5.41) is 6.15. The second kappa shape index (κ2) is 13.1. The van der Waals surface area contributed by atoms with Crippen LogP contribution < -0.4 is 20.2 Å². The first kappa shape index (κ1) is 31.9. The van der Waals surface area contributed by atoms with Gasteiger partial charge in [-0.2, -0.15) is 18.2 Å². The molecule has 0 aliphatic heterocycles. The van der Waals surface area contributed by atoms with E-state index < -0.39 is 34.9 Å². The Morgan fingerprint density at radius 1 is 1.02 bits per heavy atom. The van der Waals surface area contributed by atoms with Gasteiger partial charge >= 0.3 is 6.18 Å². The first-order valence-corrected chi connectivity index (χ1v) is 16.7. The molecule has 2 aromatic heterocycles. The van der Waals surface area contributed by atoms with Crippen molar-refractivity contribution in [2.24, 2.45) is 0 Å². The zero-order valence-electron chi connectivity index (χ0n) is 23.5. The van der Waals surface area contributed by atoms with Crippen molar-refractivity contribution in [2.75, 3.05) is 34.8 Å². The van der Waals surface area contributed by atoms with Crippen LogP contribution in [0.2, 0.25) is 0 Å². The molecule has 4 rings (SSSR count). The quantitative estimate of drug-likeness (QED) is 0.187. The van der Waals surface area contributed by atoms with Crippen LogP contribution in [0.4, 0.5) is 36.4 Å². The van der Waals surface area contributed by atoms with Crippen molar-refractivity contribution in [3.8, 4) is 0 Å². The smallest absolute Gasteiger partial charge is 0.365 e. The summed E-state index contributed by atoms with van der Waals surface area (Å²) in [7, 11) is -5.59. The van der Waals surface area contributed by atoms with Crippen LogP contribution >= 0.6 is 7.37 Å². The maximum absolute atomic E-state index is 13.8. The second-order valence-corrected chi connectivity index (χ2v) is 13.9. The molecule has 10 nitrogen and oxygen atoms in total. The predicted molar refractivity (Wildman–Crippen MR) is 161 cm³/mol. The first-order valence-electron chi connectivity index (χ1n) is 13.0. The molecule has 1 unspecified atom stereocenters. The van der Waals surface area contributed by atoms with Crippen molar-refractivity contribution < 1.29 is 30.7 Å². The maximum Gasteiger partial charge on any atom is 0.421 e. The molecule has 0 saturated heterocycles. The Balaban J connectivity index is 1.59. The van der Waals surface area contributed by atoms with Gasteiger partial charge in [0.25, 0.3) is 0 Å². The number of rotatable bonds is 12. The van der Waals surface area contributed by atoms with Crippen molar-refractivity contribution >= 4 is 46.0 Å². The van der Waals surface area contributed by atoms with Crippen LogP contribution in [0.1, 0.15) is 23.6 Å². The van der Waals surface area contributed by atoms with Gasteiger partial charge in [0.15, 0.2) is 0 Å². The van der Waals surface area contributed by atoms with Crippen LogP contribution in [0, 0.1) is 0 Å². The number of pyridine rings is 1. The van der Waals surface area contributed by atoms with E-state index in [1.54, 1.807) is 67.6 Å². The van der Waals surface area contributed by atoms with E-state index in [1.807, 2.05) is 6.07 Å². The van der Waals surface area contributed by atoms with Crippen molar-refractivity contribution in [2.45, 2.75) is 25.8 Å². The predicted octanol–water partition coefficient (Wildman–Crippen LogP) is 5.78. The van der Waals surface area contributed by atoms with Crippen molar-refractivity contribution in [3.63, 3.8) is 0 Å². The highest BCUT2D eigenvalue weighted by Gasteiger charge is 2.35. The lowest BCUT2D eigenvalue weighted by Crippen LogP contribution is -2.27. The molecule has 15 heteroatoms. The summed E-state index contributed by atoms with van der Waals surface area (Å²) in [6.45, 7) is 1.81. The third kappa shape index (κ3) is 8.09. The molecule has 0 bridgehead atoms. The number of halogens is 3. The maximum atomic E-state index is 13.8. The van der Waals surface area contributed by atoms with E-state index in [4.69, 9.17) is 4.52 Å². The highest BCUT2D eigenvalue weighted by molar-refractivity contribution is 7.92. The number of sulfonamides is 1. The first-order chi connectivity index (χ1) is 20.3. The molecule has 0 spiro atoms. The van der Waals surface area contributed by atoms with Crippen LogP contribution in [0.3, 0.4) is 0 Å². The monoisotopic (exact) mass is 634 g/mol. The SMILES string of the molecule is CCOP(=O)(Cc1cccc(Nc2ncc(C(F)(F)F)c(NCc3cccnc3N(C)S(C)(=O)=O)n2)c1)c1ccccc1. The Hall–Kier alpha value is -4.00. The van der Waals surface area contributed by atoms with Gasteiger partial charge in [0, 0.05) is 42.5 Å². The summed E-state index contributed by atoms with van der Waals surface area (Å²) < 4.78 is 85.9. The largest absolute Gasteiger partial charge is 0.421 e. The van der Waals surface area contributed by atoms with Gasteiger partial charge in [-0.05, 0) is 42.8 Å². The van der Waals surface area contributed by atoms with Gasteiger partial charge < -0.3 is 15.2 Å². The van der Waals surface area contributed by atoms with Gasteiger partial charge in [-0.25, -0.2) is 18.4 Å². The van der Waals surface area contributed by atoms with Gasteiger partial charge in [-0.15, -0.1) is 0 Å². The Kier molecular flexibility index (Phi) is 9.73. The molecule has 228 valence electrons. The third-order valence-corrected chi connectivity index (χ3v) is 9.97. The molecule has 2 heterocycles. The number of nitrogens with one attached hydrogen (secondary N) is 2. The van der Waals surface area contributed by atoms with Crippen LogP contribution in [-0.4, -0.2) is 43.3 Å². The summed E-state index contributed by atoms with van der Waals surface area (Å²) in [6.07, 6.45) is -1.62. The molecule has 0 amide bonds. The zero-order valence-corrected chi connectivity index (χ0v) is 25.2. The van der Waals surface area contributed by atoms with Gasteiger partial charge in [0.05, 0.1) is 19.0 Å². The van der Waals surface area contributed by atoms with Crippen molar-refractivity contribution in [1.29, 1.82) is 0 Å². The highest BCUT2D eigenvalue weighted by Crippen LogP contribution is 2.49. The summed E-state index contributed by atoms with van der Waals surface area (Å²) in [5.41, 5.74) is 0.370. The molecular weight excluding hydrogens is 604 g/mol. The Labute approximate surface area is 247 Å². The molecule has 0 saturated carbocycles. The van der Waals surface area contributed by atoms with E-state index in [9.17, 15) is 26.2 Å². The number of benzene rings is 2. The standard InChI is InChI=1S/C28H30F3N6O4PS/c1-4-41-42(38,23-13-6-5-7-14-23)19-20-10-8-12-22(16-20)35-27-34-18-24(28(29,30)31)25(36-27)33-17-21-11-9-15-32-26(21)37(2)43(3,39)40/h5-16,18H,4,17,19H2,1-3H3,(H2,33,34,35,36). The number of alkyl halides is 3. The molecular formula is C28H30F3N6O4PS. The molecule has 1 atom stereocenters. The highest BCUT2D eigenvalue weighted by atomic mass is 32.2. The van der Waals surface area contributed by atoms with Crippen LogP contribution in [-0.2, 0) is 38.0 Å². The Morgan fingerprint density at radius 2 is 1.77 bits per heavy atom. The normalized spacial score (nSPS) is 13.3. The molecule has 0 fully saturated rings. The van der Waals surface area contributed by atoms with Gasteiger partial charge in [-0.3, -0.25) is 8.87 Å². The minimum atomic E-state index is -4.76. The van der Waals surface area contributed by atoms with E-state index in [2.05, 4.69) is 25.6 Å².